The van der Waals surface area contributed by atoms with Gasteiger partial charge < -0.3 is 10.4 Å². The molecule has 1 atom stereocenters. The van der Waals surface area contributed by atoms with Crippen molar-refractivity contribution < 1.29 is 9.90 Å². The van der Waals surface area contributed by atoms with Crippen molar-refractivity contribution in [1.82, 2.24) is 10.3 Å². The number of pyridine rings is 1. The number of aryl methyl sites for hydroxylation is 2. The Labute approximate surface area is 141 Å². The van der Waals surface area contributed by atoms with E-state index >= 15 is 0 Å². The first-order chi connectivity index (χ1) is 11.6. The molecule has 0 saturated heterocycles. The fourth-order valence-electron chi connectivity index (χ4n) is 2.86. The SMILES string of the molecule is Cc1cc(C(=O)N[C@H](CO)c2ccccc2)c2cccc(C)c2n1. The van der Waals surface area contributed by atoms with Crippen LogP contribution in [-0.4, -0.2) is 22.6 Å². The lowest BCUT2D eigenvalue weighted by Gasteiger charge is -2.18. The third-order valence-electron chi connectivity index (χ3n) is 4.10. The van der Waals surface area contributed by atoms with Crippen molar-refractivity contribution >= 4 is 16.8 Å². The number of rotatable bonds is 4. The fourth-order valence-corrected chi connectivity index (χ4v) is 2.86. The molecule has 0 aliphatic heterocycles. The molecule has 3 rings (SSSR count). The highest BCUT2D eigenvalue weighted by molar-refractivity contribution is 6.06. The summed E-state index contributed by atoms with van der Waals surface area (Å²) < 4.78 is 0. The molecule has 0 spiro atoms. The van der Waals surface area contributed by atoms with E-state index in [1.165, 1.54) is 0 Å². The monoisotopic (exact) mass is 320 g/mol. The number of aliphatic hydroxyl groups excluding tert-OH is 1. The maximum absolute atomic E-state index is 12.8. The number of aromatic nitrogens is 1. The zero-order valence-corrected chi connectivity index (χ0v) is 13.8. The quantitative estimate of drug-likeness (QED) is 0.775. The molecule has 4 heteroatoms. The number of nitrogens with zero attached hydrogens (tertiary/aromatic N) is 1. The second-order valence-electron chi connectivity index (χ2n) is 5.90. The average Bonchev–Trinajstić information content (AvgIpc) is 2.60. The molecule has 0 bridgehead atoms. The lowest BCUT2D eigenvalue weighted by atomic mass is 10.0. The minimum absolute atomic E-state index is 0.156. The summed E-state index contributed by atoms with van der Waals surface area (Å²) in [7, 11) is 0. The van der Waals surface area contributed by atoms with Crippen molar-refractivity contribution in [1.29, 1.82) is 0 Å². The van der Waals surface area contributed by atoms with Crippen molar-refractivity contribution in [2.24, 2.45) is 0 Å². The number of amides is 1. The van der Waals surface area contributed by atoms with E-state index in [1.807, 2.05) is 62.4 Å². The van der Waals surface area contributed by atoms with Crippen molar-refractivity contribution in [2.45, 2.75) is 19.9 Å². The van der Waals surface area contributed by atoms with Crippen LogP contribution in [0.15, 0.2) is 54.6 Å². The molecule has 2 N–H and O–H groups in total. The molecule has 1 heterocycles. The minimum Gasteiger partial charge on any atom is -0.394 e. The first-order valence-corrected chi connectivity index (χ1v) is 7.94. The normalized spacial score (nSPS) is 12.1. The molecule has 0 radical (unpaired) electrons. The highest BCUT2D eigenvalue weighted by Crippen LogP contribution is 2.22. The first kappa shape index (κ1) is 16.1. The second kappa shape index (κ2) is 6.81. The fraction of sp³-hybridized carbons (Fsp3) is 0.200. The van der Waals surface area contributed by atoms with Gasteiger partial charge in [-0.2, -0.15) is 0 Å². The molecular formula is C20H20N2O2. The van der Waals surface area contributed by atoms with Crippen LogP contribution in [0.3, 0.4) is 0 Å². The smallest absolute Gasteiger partial charge is 0.252 e. The molecule has 4 nitrogen and oxygen atoms in total. The molecule has 3 aromatic rings. The van der Waals surface area contributed by atoms with Gasteiger partial charge in [0.2, 0.25) is 0 Å². The third kappa shape index (κ3) is 3.14. The van der Waals surface area contributed by atoms with Gasteiger partial charge in [-0.3, -0.25) is 9.78 Å². The van der Waals surface area contributed by atoms with Gasteiger partial charge in [0.05, 0.1) is 23.7 Å². The standard InChI is InChI=1S/C20H20N2O2/c1-13-7-6-10-16-17(11-14(2)21-19(13)16)20(24)22-18(12-23)15-8-4-3-5-9-15/h3-11,18,23H,12H2,1-2H3,(H,22,24)/t18-/m1/s1. The number of para-hydroxylation sites is 1. The number of aliphatic hydroxyl groups is 1. The van der Waals surface area contributed by atoms with Gasteiger partial charge >= 0.3 is 0 Å². The summed E-state index contributed by atoms with van der Waals surface area (Å²) in [5, 5.41) is 13.4. The summed E-state index contributed by atoms with van der Waals surface area (Å²) in [6.07, 6.45) is 0. The molecule has 2 aromatic carbocycles. The van der Waals surface area contributed by atoms with E-state index in [9.17, 15) is 9.90 Å². The van der Waals surface area contributed by atoms with Crippen molar-refractivity contribution in [3.63, 3.8) is 0 Å². The highest BCUT2D eigenvalue weighted by Gasteiger charge is 2.18. The van der Waals surface area contributed by atoms with E-state index in [2.05, 4.69) is 10.3 Å². The van der Waals surface area contributed by atoms with Crippen LogP contribution in [-0.2, 0) is 0 Å². The maximum Gasteiger partial charge on any atom is 0.252 e. The minimum atomic E-state index is -0.438. The molecule has 0 fully saturated rings. The summed E-state index contributed by atoms with van der Waals surface area (Å²) in [5.74, 6) is -0.209. The van der Waals surface area contributed by atoms with Gasteiger partial charge in [0.15, 0.2) is 0 Å². The lowest BCUT2D eigenvalue weighted by Crippen LogP contribution is -2.31. The molecule has 1 aromatic heterocycles. The number of hydrogen-bond donors (Lipinski definition) is 2. The zero-order chi connectivity index (χ0) is 17.1. The van der Waals surface area contributed by atoms with Gasteiger partial charge in [0.25, 0.3) is 5.91 Å². The Bertz CT molecular complexity index is 875. The number of carbonyl (C=O) groups is 1. The van der Waals surface area contributed by atoms with E-state index in [0.29, 0.717) is 5.56 Å². The van der Waals surface area contributed by atoms with E-state index in [4.69, 9.17) is 0 Å². The Hall–Kier alpha value is -2.72. The van der Waals surface area contributed by atoms with E-state index in [1.54, 1.807) is 6.07 Å². The Morgan fingerprint density at radius 1 is 1.12 bits per heavy atom. The summed E-state index contributed by atoms with van der Waals surface area (Å²) in [4.78, 5) is 17.4. The van der Waals surface area contributed by atoms with Crippen LogP contribution in [0, 0.1) is 13.8 Å². The van der Waals surface area contributed by atoms with E-state index < -0.39 is 6.04 Å². The summed E-state index contributed by atoms with van der Waals surface area (Å²) in [6, 6.07) is 16.6. The number of fused-ring (bicyclic) bond motifs is 1. The Balaban J connectivity index is 1.98. The zero-order valence-electron chi connectivity index (χ0n) is 13.8. The van der Waals surface area contributed by atoms with E-state index in [-0.39, 0.29) is 12.5 Å². The van der Waals surface area contributed by atoms with Crippen LogP contribution in [0.1, 0.15) is 33.2 Å². The number of benzene rings is 2. The van der Waals surface area contributed by atoms with Crippen LogP contribution in [0.4, 0.5) is 0 Å². The van der Waals surface area contributed by atoms with Crippen molar-refractivity contribution in [3.05, 3.63) is 77.0 Å². The number of carbonyl (C=O) groups excluding carboxylic acids is 1. The molecule has 0 unspecified atom stereocenters. The average molecular weight is 320 g/mol. The second-order valence-corrected chi connectivity index (χ2v) is 5.90. The van der Waals surface area contributed by atoms with Gasteiger partial charge in [0.1, 0.15) is 0 Å². The molecule has 0 aliphatic carbocycles. The van der Waals surface area contributed by atoms with Crippen LogP contribution in [0.5, 0.6) is 0 Å². The third-order valence-corrected chi connectivity index (χ3v) is 4.10. The highest BCUT2D eigenvalue weighted by atomic mass is 16.3. The predicted octanol–water partition coefficient (Wildman–Crippen LogP) is 3.32. The summed E-state index contributed by atoms with van der Waals surface area (Å²) in [5.41, 5.74) is 4.12. The maximum atomic E-state index is 12.8. The summed E-state index contributed by atoms with van der Waals surface area (Å²) >= 11 is 0. The molecule has 24 heavy (non-hydrogen) atoms. The molecular weight excluding hydrogens is 300 g/mol. The van der Waals surface area contributed by atoms with Crippen molar-refractivity contribution in [2.75, 3.05) is 6.61 Å². The van der Waals surface area contributed by atoms with Gasteiger partial charge in [-0.25, -0.2) is 0 Å². The lowest BCUT2D eigenvalue weighted by molar-refractivity contribution is 0.0917. The Morgan fingerprint density at radius 2 is 1.88 bits per heavy atom. The Morgan fingerprint density at radius 3 is 2.58 bits per heavy atom. The number of nitrogens with one attached hydrogen (secondary N) is 1. The molecule has 1 amide bonds. The van der Waals surface area contributed by atoms with Gasteiger partial charge in [-0.15, -0.1) is 0 Å². The van der Waals surface area contributed by atoms with Gasteiger partial charge in [-0.05, 0) is 31.0 Å². The topological polar surface area (TPSA) is 62.2 Å². The number of hydrogen-bond acceptors (Lipinski definition) is 3. The van der Waals surface area contributed by atoms with Gasteiger partial charge in [-0.1, -0.05) is 48.5 Å². The van der Waals surface area contributed by atoms with Crippen LogP contribution in [0.25, 0.3) is 10.9 Å². The predicted molar refractivity (Wildman–Crippen MR) is 95.0 cm³/mol. The van der Waals surface area contributed by atoms with Crippen LogP contribution < -0.4 is 5.32 Å². The van der Waals surface area contributed by atoms with Crippen LogP contribution in [0.2, 0.25) is 0 Å². The van der Waals surface area contributed by atoms with Crippen LogP contribution >= 0.6 is 0 Å². The van der Waals surface area contributed by atoms with Crippen molar-refractivity contribution in [3.8, 4) is 0 Å². The van der Waals surface area contributed by atoms with E-state index in [0.717, 1.165) is 27.7 Å². The Kier molecular flexibility index (Phi) is 4.58. The largest absolute Gasteiger partial charge is 0.394 e. The first-order valence-electron chi connectivity index (χ1n) is 7.94. The molecule has 0 aliphatic rings. The summed E-state index contributed by atoms with van der Waals surface area (Å²) in [6.45, 7) is 3.71. The molecule has 122 valence electrons. The van der Waals surface area contributed by atoms with Gasteiger partial charge in [0, 0.05) is 11.1 Å². The molecule has 0 saturated carbocycles.